The van der Waals surface area contributed by atoms with Crippen LogP contribution in [-0.4, -0.2) is 22.2 Å². The van der Waals surface area contributed by atoms with Crippen LogP contribution in [0.5, 0.6) is 0 Å². The molecule has 0 saturated carbocycles. The zero-order chi connectivity index (χ0) is 17.3. The van der Waals surface area contributed by atoms with Gasteiger partial charge in [0, 0.05) is 18.2 Å². The second-order valence-corrected chi connectivity index (χ2v) is 7.97. The highest BCUT2D eigenvalue weighted by Gasteiger charge is 2.37. The molecule has 1 aliphatic rings. The topological polar surface area (TPSA) is 74.4 Å². The zero-order valence-electron chi connectivity index (χ0n) is 14.8. The molecule has 0 amide bonds. The fourth-order valence-corrected chi connectivity index (χ4v) is 3.24. The number of nitrogens with zero attached hydrogens (tertiary/aromatic N) is 1. The van der Waals surface area contributed by atoms with E-state index >= 15 is 0 Å². The summed E-state index contributed by atoms with van der Waals surface area (Å²) in [6.07, 6.45) is 5.24. The van der Waals surface area contributed by atoms with Crippen LogP contribution >= 0.6 is 0 Å². The van der Waals surface area contributed by atoms with Gasteiger partial charge in [-0.25, -0.2) is 0 Å². The molecule has 2 N–H and O–H groups in total. The maximum atomic E-state index is 12.2. The second-order valence-electron chi connectivity index (χ2n) is 7.97. The fourth-order valence-electron chi connectivity index (χ4n) is 3.24. The van der Waals surface area contributed by atoms with Gasteiger partial charge in [0.25, 0.3) is 0 Å². The highest BCUT2D eigenvalue weighted by atomic mass is 16.6. The van der Waals surface area contributed by atoms with Gasteiger partial charge in [0.2, 0.25) is 0 Å². The number of carbonyl (C=O) groups excluding carboxylic acids is 1. The second kappa shape index (κ2) is 6.48. The Hall–Kier alpha value is -1.62. The summed E-state index contributed by atoms with van der Waals surface area (Å²) in [7, 11) is 0. The Morgan fingerprint density at radius 2 is 2.17 bits per heavy atom. The van der Waals surface area contributed by atoms with E-state index < -0.39 is 5.60 Å². The van der Waals surface area contributed by atoms with Crippen LogP contribution in [0.2, 0.25) is 0 Å². The summed E-state index contributed by atoms with van der Waals surface area (Å²) in [5.74, 6) is 0.0628. The Kier molecular flexibility index (Phi) is 4.99. The highest BCUT2D eigenvalue weighted by Crippen LogP contribution is 2.42. The number of ether oxygens (including phenoxy) is 2. The predicted octanol–water partition coefficient (Wildman–Crippen LogP) is 3.64. The summed E-state index contributed by atoms with van der Waals surface area (Å²) < 4.78 is 11.7. The van der Waals surface area contributed by atoms with E-state index in [1.54, 1.807) is 12.4 Å². The number of esters is 1. The van der Waals surface area contributed by atoms with Gasteiger partial charge in [0.15, 0.2) is 0 Å². The first-order valence-corrected chi connectivity index (χ1v) is 8.15. The molecule has 5 nitrogen and oxygen atoms in total. The molecule has 2 atom stereocenters. The van der Waals surface area contributed by atoms with Crippen molar-refractivity contribution in [3.63, 3.8) is 0 Å². The molecule has 1 saturated heterocycles. The zero-order valence-corrected chi connectivity index (χ0v) is 14.8. The number of carbonyl (C=O) groups is 1. The predicted molar refractivity (Wildman–Crippen MR) is 89.7 cm³/mol. The van der Waals surface area contributed by atoms with E-state index in [9.17, 15) is 4.79 Å². The summed E-state index contributed by atoms with van der Waals surface area (Å²) in [6.45, 7) is 9.77. The van der Waals surface area contributed by atoms with Gasteiger partial charge in [-0.3, -0.25) is 9.78 Å². The minimum Gasteiger partial charge on any atom is -0.460 e. The molecule has 1 aromatic heterocycles. The van der Waals surface area contributed by atoms with E-state index in [-0.39, 0.29) is 23.6 Å². The molecular weight excluding hydrogens is 292 g/mol. The normalized spacial score (nSPS) is 24.2. The van der Waals surface area contributed by atoms with Crippen molar-refractivity contribution in [2.45, 2.75) is 71.2 Å². The van der Waals surface area contributed by atoms with Crippen molar-refractivity contribution in [1.82, 2.24) is 4.98 Å². The summed E-state index contributed by atoms with van der Waals surface area (Å²) >= 11 is 0. The lowest BCUT2D eigenvalue weighted by molar-refractivity contribution is -0.161. The maximum Gasteiger partial charge on any atom is 0.306 e. The number of hydrogen-bond acceptors (Lipinski definition) is 5. The lowest BCUT2D eigenvalue weighted by Gasteiger charge is -2.41. The van der Waals surface area contributed by atoms with Crippen LogP contribution in [-0.2, 0) is 14.3 Å². The summed E-state index contributed by atoms with van der Waals surface area (Å²) in [5.41, 5.74) is 6.86. The molecular formula is C18H28N2O3. The Morgan fingerprint density at radius 1 is 1.48 bits per heavy atom. The third-order valence-electron chi connectivity index (χ3n) is 3.90. The van der Waals surface area contributed by atoms with Crippen LogP contribution in [0.3, 0.4) is 0 Å². The lowest BCUT2D eigenvalue weighted by atomic mass is 9.82. The summed E-state index contributed by atoms with van der Waals surface area (Å²) in [6, 6.07) is 1.89. The molecule has 0 spiro atoms. The molecule has 2 heterocycles. The average molecular weight is 320 g/mol. The maximum absolute atomic E-state index is 12.2. The fraction of sp³-hybridized carbons (Fsp3) is 0.667. The van der Waals surface area contributed by atoms with Crippen LogP contribution in [0.25, 0.3) is 0 Å². The van der Waals surface area contributed by atoms with Gasteiger partial charge in [-0.2, -0.15) is 0 Å². The van der Waals surface area contributed by atoms with Crippen LogP contribution in [0.4, 0.5) is 5.69 Å². The molecule has 0 bridgehead atoms. The van der Waals surface area contributed by atoms with Gasteiger partial charge in [0.05, 0.1) is 23.6 Å². The summed E-state index contributed by atoms with van der Waals surface area (Å²) in [4.78, 5) is 16.2. The molecule has 0 aromatic carbocycles. The van der Waals surface area contributed by atoms with Gasteiger partial charge >= 0.3 is 5.97 Å². The van der Waals surface area contributed by atoms with Crippen LogP contribution < -0.4 is 5.73 Å². The Morgan fingerprint density at radius 3 is 2.78 bits per heavy atom. The molecule has 1 aromatic rings. The average Bonchev–Trinajstić information content (AvgIpc) is 2.34. The van der Waals surface area contributed by atoms with Crippen molar-refractivity contribution < 1.29 is 14.3 Å². The molecule has 23 heavy (non-hydrogen) atoms. The number of anilines is 1. The van der Waals surface area contributed by atoms with Crippen molar-refractivity contribution in [3.05, 3.63) is 24.0 Å². The molecule has 128 valence electrons. The number of pyridine rings is 1. The van der Waals surface area contributed by atoms with E-state index in [2.05, 4.69) is 18.8 Å². The third kappa shape index (κ3) is 5.20. The van der Waals surface area contributed by atoms with Gasteiger partial charge in [-0.05, 0) is 59.4 Å². The van der Waals surface area contributed by atoms with Crippen molar-refractivity contribution in [2.24, 2.45) is 5.92 Å². The lowest BCUT2D eigenvalue weighted by Crippen LogP contribution is -2.37. The van der Waals surface area contributed by atoms with E-state index in [1.807, 2.05) is 26.8 Å². The van der Waals surface area contributed by atoms with E-state index in [1.165, 1.54) is 0 Å². The minimum absolute atomic E-state index is 0.116. The first-order chi connectivity index (χ1) is 10.6. The van der Waals surface area contributed by atoms with E-state index in [4.69, 9.17) is 15.2 Å². The molecule has 0 radical (unpaired) electrons. The van der Waals surface area contributed by atoms with Crippen LogP contribution in [0.1, 0.15) is 65.5 Å². The van der Waals surface area contributed by atoms with Gasteiger partial charge in [0.1, 0.15) is 5.60 Å². The molecule has 5 heteroatoms. The van der Waals surface area contributed by atoms with Gasteiger partial charge in [-0.1, -0.05) is 0 Å². The number of hydrogen-bond donors (Lipinski definition) is 1. The molecule has 0 unspecified atom stereocenters. The van der Waals surface area contributed by atoms with Crippen molar-refractivity contribution in [3.8, 4) is 0 Å². The van der Waals surface area contributed by atoms with Crippen LogP contribution in [0.15, 0.2) is 18.5 Å². The Bertz CT molecular complexity index is 564. The SMILES string of the molecule is CC(C)(C)OC(=O)C[C@@H]1C[C@@H](c2ccncc2N)OC(C)(C)C1. The van der Waals surface area contributed by atoms with E-state index in [0.29, 0.717) is 12.1 Å². The molecule has 1 aliphatic heterocycles. The van der Waals surface area contributed by atoms with Crippen LogP contribution in [0, 0.1) is 5.92 Å². The van der Waals surface area contributed by atoms with E-state index in [0.717, 1.165) is 18.4 Å². The standard InChI is InChI=1S/C18H28N2O3/c1-17(2,3)23-16(21)9-12-8-15(22-18(4,5)10-12)13-6-7-20-11-14(13)19/h6-7,11-12,15H,8-10,19H2,1-5H3/t12-,15-/m0/s1. The quantitative estimate of drug-likeness (QED) is 0.861. The number of nitrogen functional groups attached to an aromatic ring is 1. The molecule has 1 fully saturated rings. The van der Waals surface area contributed by atoms with Gasteiger partial charge in [-0.15, -0.1) is 0 Å². The first-order valence-electron chi connectivity index (χ1n) is 8.15. The number of rotatable bonds is 3. The van der Waals surface area contributed by atoms with Crippen molar-refractivity contribution in [2.75, 3.05) is 5.73 Å². The third-order valence-corrected chi connectivity index (χ3v) is 3.90. The smallest absolute Gasteiger partial charge is 0.306 e. The summed E-state index contributed by atoms with van der Waals surface area (Å²) in [5, 5.41) is 0. The Labute approximate surface area is 138 Å². The highest BCUT2D eigenvalue weighted by molar-refractivity contribution is 5.70. The number of aromatic nitrogens is 1. The Balaban J connectivity index is 2.10. The monoisotopic (exact) mass is 320 g/mol. The van der Waals surface area contributed by atoms with Crippen molar-refractivity contribution in [1.29, 1.82) is 0 Å². The minimum atomic E-state index is -0.452. The van der Waals surface area contributed by atoms with Crippen molar-refractivity contribution >= 4 is 11.7 Å². The molecule has 0 aliphatic carbocycles. The molecule has 2 rings (SSSR count). The first kappa shape index (κ1) is 17.7. The number of nitrogens with two attached hydrogens (primary N) is 1. The van der Waals surface area contributed by atoms with Gasteiger partial charge < -0.3 is 15.2 Å². The largest absolute Gasteiger partial charge is 0.460 e.